The van der Waals surface area contributed by atoms with Gasteiger partial charge >= 0.3 is 0 Å². The van der Waals surface area contributed by atoms with Gasteiger partial charge in [0, 0.05) is 26.2 Å². The van der Waals surface area contributed by atoms with E-state index in [2.05, 4.69) is 22.9 Å². The Labute approximate surface area is 115 Å². The van der Waals surface area contributed by atoms with E-state index in [1.54, 1.807) is 6.26 Å². The van der Waals surface area contributed by atoms with Crippen LogP contribution in [0.5, 0.6) is 0 Å². The van der Waals surface area contributed by atoms with Crippen molar-refractivity contribution in [3.05, 3.63) is 36.8 Å². The molecule has 0 aliphatic carbocycles. The minimum atomic E-state index is 0. The maximum absolute atomic E-state index is 5.49. The van der Waals surface area contributed by atoms with E-state index >= 15 is 0 Å². The maximum atomic E-state index is 5.49. The Bertz CT molecular complexity index is 297. The summed E-state index contributed by atoms with van der Waals surface area (Å²) in [5.74, 6) is 1.05. The van der Waals surface area contributed by atoms with Gasteiger partial charge in [0.05, 0.1) is 12.3 Å². The second kappa shape index (κ2) is 8.59. The minimum Gasteiger partial charge on any atom is -0.468 e. The topological polar surface area (TPSA) is 28.4 Å². The number of piperazine rings is 1. The summed E-state index contributed by atoms with van der Waals surface area (Å²) >= 11 is 0. The number of rotatable bonds is 4. The van der Waals surface area contributed by atoms with E-state index < -0.39 is 0 Å². The number of hydrogen-bond donors (Lipinski definition) is 1. The first-order valence-corrected chi connectivity index (χ1v) is 5.51. The average Bonchev–Trinajstić information content (AvgIpc) is 2.80. The Morgan fingerprint density at radius 3 is 2.65 bits per heavy atom. The van der Waals surface area contributed by atoms with E-state index in [9.17, 15) is 0 Å². The lowest BCUT2D eigenvalue weighted by Gasteiger charge is -2.33. The van der Waals surface area contributed by atoms with Crippen molar-refractivity contribution in [2.75, 3.05) is 26.2 Å². The van der Waals surface area contributed by atoms with Crippen LogP contribution in [0.2, 0.25) is 0 Å². The van der Waals surface area contributed by atoms with E-state index in [0.29, 0.717) is 6.04 Å². The summed E-state index contributed by atoms with van der Waals surface area (Å²) in [5.41, 5.74) is 0. The van der Waals surface area contributed by atoms with Gasteiger partial charge in [-0.1, -0.05) is 6.08 Å². The zero-order valence-electron chi connectivity index (χ0n) is 9.80. The molecule has 1 aliphatic heterocycles. The minimum absolute atomic E-state index is 0. The molecule has 1 fully saturated rings. The number of hydrogen-bond acceptors (Lipinski definition) is 3. The number of nitrogens with zero attached hydrogens (tertiary/aromatic N) is 1. The maximum Gasteiger partial charge on any atom is 0.121 e. The molecule has 0 aromatic carbocycles. The van der Waals surface area contributed by atoms with Crippen molar-refractivity contribution >= 4 is 24.8 Å². The van der Waals surface area contributed by atoms with Crippen LogP contribution in [-0.2, 0) is 0 Å². The van der Waals surface area contributed by atoms with Crippen LogP contribution in [0.15, 0.2) is 35.5 Å². The largest absolute Gasteiger partial charge is 0.468 e. The van der Waals surface area contributed by atoms with Crippen LogP contribution in [0.3, 0.4) is 0 Å². The number of nitrogens with one attached hydrogen (secondary N) is 1. The van der Waals surface area contributed by atoms with Crippen molar-refractivity contribution in [2.45, 2.75) is 12.5 Å². The number of furan rings is 1. The average molecular weight is 279 g/mol. The first kappa shape index (κ1) is 16.5. The molecule has 2 rings (SSSR count). The first-order valence-electron chi connectivity index (χ1n) is 5.51. The molecule has 0 amide bonds. The Kier molecular flexibility index (Phi) is 8.35. The van der Waals surface area contributed by atoms with E-state index in [1.165, 1.54) is 0 Å². The highest BCUT2D eigenvalue weighted by Gasteiger charge is 2.22. The third-order valence-electron chi connectivity index (χ3n) is 2.85. The van der Waals surface area contributed by atoms with Gasteiger partial charge < -0.3 is 9.73 Å². The van der Waals surface area contributed by atoms with Crippen molar-refractivity contribution in [2.24, 2.45) is 0 Å². The van der Waals surface area contributed by atoms with Crippen LogP contribution in [0, 0.1) is 0 Å². The summed E-state index contributed by atoms with van der Waals surface area (Å²) in [4.78, 5) is 2.46. The molecule has 5 heteroatoms. The molecule has 1 N–H and O–H groups in total. The van der Waals surface area contributed by atoms with Gasteiger partial charge in [0.25, 0.3) is 0 Å². The summed E-state index contributed by atoms with van der Waals surface area (Å²) in [6, 6.07) is 4.36. The number of halogens is 2. The molecular formula is C12H20Cl2N2O. The SMILES string of the molecule is C=CC[C@H](c1ccco1)N1CCNCC1.Cl.Cl. The predicted molar refractivity (Wildman–Crippen MR) is 75.2 cm³/mol. The van der Waals surface area contributed by atoms with Crippen LogP contribution in [0.1, 0.15) is 18.2 Å². The normalized spacial score (nSPS) is 17.6. The molecule has 3 nitrogen and oxygen atoms in total. The molecule has 17 heavy (non-hydrogen) atoms. The molecule has 0 radical (unpaired) electrons. The zero-order chi connectivity index (χ0) is 10.5. The Hall–Kier alpha value is -0.480. The highest BCUT2D eigenvalue weighted by atomic mass is 35.5. The van der Waals surface area contributed by atoms with E-state index in [-0.39, 0.29) is 24.8 Å². The Balaban J connectivity index is 0.00000128. The molecule has 0 spiro atoms. The van der Waals surface area contributed by atoms with Crippen molar-refractivity contribution in [1.82, 2.24) is 10.2 Å². The molecule has 1 aromatic heterocycles. The summed E-state index contributed by atoms with van der Waals surface area (Å²) in [6.07, 6.45) is 4.66. The second-order valence-electron chi connectivity index (χ2n) is 3.84. The van der Waals surface area contributed by atoms with Crippen LogP contribution in [-0.4, -0.2) is 31.1 Å². The second-order valence-corrected chi connectivity index (χ2v) is 3.84. The van der Waals surface area contributed by atoms with Crippen molar-refractivity contribution in [1.29, 1.82) is 0 Å². The van der Waals surface area contributed by atoms with Gasteiger partial charge in [-0.25, -0.2) is 0 Å². The lowest BCUT2D eigenvalue weighted by molar-refractivity contribution is 0.155. The molecule has 2 heterocycles. The highest BCUT2D eigenvalue weighted by molar-refractivity contribution is 5.85. The molecule has 98 valence electrons. The van der Waals surface area contributed by atoms with Crippen LogP contribution in [0.4, 0.5) is 0 Å². The van der Waals surface area contributed by atoms with Gasteiger partial charge in [-0.05, 0) is 18.6 Å². The van der Waals surface area contributed by atoms with E-state index in [0.717, 1.165) is 38.4 Å². The highest BCUT2D eigenvalue weighted by Crippen LogP contribution is 2.25. The lowest BCUT2D eigenvalue weighted by atomic mass is 10.1. The fourth-order valence-electron chi connectivity index (χ4n) is 2.08. The summed E-state index contributed by atoms with van der Waals surface area (Å²) < 4.78 is 5.49. The van der Waals surface area contributed by atoms with Crippen molar-refractivity contribution < 1.29 is 4.42 Å². The summed E-state index contributed by atoms with van der Waals surface area (Å²) in [5, 5.41) is 3.36. The lowest BCUT2D eigenvalue weighted by Crippen LogP contribution is -2.45. The smallest absolute Gasteiger partial charge is 0.121 e. The Morgan fingerprint density at radius 2 is 2.12 bits per heavy atom. The molecule has 1 aromatic rings. The van der Waals surface area contributed by atoms with Gasteiger partial charge in [-0.3, -0.25) is 4.90 Å². The Morgan fingerprint density at radius 1 is 1.41 bits per heavy atom. The fraction of sp³-hybridized carbons (Fsp3) is 0.500. The van der Waals surface area contributed by atoms with Crippen LogP contribution >= 0.6 is 24.8 Å². The monoisotopic (exact) mass is 278 g/mol. The van der Waals surface area contributed by atoms with Crippen molar-refractivity contribution in [3.8, 4) is 0 Å². The summed E-state index contributed by atoms with van der Waals surface area (Å²) in [7, 11) is 0. The predicted octanol–water partition coefficient (Wildman–Crippen LogP) is 2.65. The first-order chi connectivity index (χ1) is 7.42. The van der Waals surface area contributed by atoms with E-state index in [4.69, 9.17) is 4.42 Å². The van der Waals surface area contributed by atoms with E-state index in [1.807, 2.05) is 12.1 Å². The van der Waals surface area contributed by atoms with Gasteiger partial charge in [-0.2, -0.15) is 0 Å². The molecule has 0 bridgehead atoms. The molecule has 1 saturated heterocycles. The third kappa shape index (κ3) is 4.36. The molecule has 1 aliphatic rings. The molecule has 0 unspecified atom stereocenters. The fourth-order valence-corrected chi connectivity index (χ4v) is 2.08. The summed E-state index contributed by atoms with van der Waals surface area (Å²) in [6.45, 7) is 8.11. The standard InChI is InChI=1S/C12H18N2O.2ClH/c1-2-4-11(12-5-3-10-15-12)14-8-6-13-7-9-14;;/h2-3,5,10-11,13H,1,4,6-9H2;2*1H/t11-;;/m1../s1. The van der Waals surface area contributed by atoms with Gasteiger partial charge in [-0.15, -0.1) is 31.4 Å². The quantitative estimate of drug-likeness (QED) is 0.859. The van der Waals surface area contributed by atoms with Gasteiger partial charge in [0.2, 0.25) is 0 Å². The third-order valence-corrected chi connectivity index (χ3v) is 2.85. The van der Waals surface area contributed by atoms with Crippen molar-refractivity contribution in [3.63, 3.8) is 0 Å². The van der Waals surface area contributed by atoms with Gasteiger partial charge in [0.1, 0.15) is 5.76 Å². The van der Waals surface area contributed by atoms with Crippen LogP contribution < -0.4 is 5.32 Å². The van der Waals surface area contributed by atoms with Crippen LogP contribution in [0.25, 0.3) is 0 Å². The zero-order valence-corrected chi connectivity index (χ0v) is 11.4. The van der Waals surface area contributed by atoms with Gasteiger partial charge in [0.15, 0.2) is 0 Å². The molecule has 0 saturated carbocycles. The molecule has 1 atom stereocenters. The molecular weight excluding hydrogens is 259 g/mol.